The maximum Gasteiger partial charge on any atom is 0.246 e. The molecule has 0 saturated carbocycles. The Morgan fingerprint density at radius 2 is 1.89 bits per heavy atom. The highest BCUT2D eigenvalue weighted by Crippen LogP contribution is 2.28. The average molecular weight is 566 g/mol. The van der Waals surface area contributed by atoms with E-state index in [1.54, 1.807) is 11.3 Å². The Kier molecular flexibility index (Phi) is 11.7. The highest BCUT2D eigenvalue weighted by atomic mass is 35.5. The Morgan fingerprint density at radius 1 is 1.21 bits per heavy atom. The Labute approximate surface area is 235 Å². The number of likely N-dealkylation sites (tertiary alicyclic amines) is 1. The van der Waals surface area contributed by atoms with Crippen LogP contribution in [-0.2, 0) is 20.9 Å². The SMILES string of the molecule is Cc1ncsc1-c1ccc(CNC(=O)C2CC(O)CN2C(=O)C(NC(=O)CCCCN)C(C)(C)C)cc1.Cl. The van der Waals surface area contributed by atoms with Crippen molar-refractivity contribution in [3.8, 4) is 10.4 Å². The lowest BCUT2D eigenvalue weighted by Crippen LogP contribution is -2.57. The first kappa shape index (κ1) is 31.7. The zero-order valence-corrected chi connectivity index (χ0v) is 24.2. The molecule has 210 valence electrons. The molecular formula is C27H40ClN5O4S. The number of hydrogen-bond acceptors (Lipinski definition) is 7. The van der Waals surface area contributed by atoms with Crippen LogP contribution < -0.4 is 16.4 Å². The number of aliphatic hydroxyl groups is 1. The van der Waals surface area contributed by atoms with Crippen molar-refractivity contribution in [2.45, 2.75) is 78.1 Å². The molecule has 9 nitrogen and oxygen atoms in total. The van der Waals surface area contributed by atoms with Gasteiger partial charge in [0.25, 0.3) is 0 Å². The Morgan fingerprint density at radius 3 is 2.47 bits per heavy atom. The van der Waals surface area contributed by atoms with Crippen LogP contribution in [0.3, 0.4) is 0 Å². The van der Waals surface area contributed by atoms with E-state index in [0.29, 0.717) is 19.5 Å². The van der Waals surface area contributed by atoms with E-state index in [1.165, 1.54) is 4.90 Å². The lowest BCUT2D eigenvalue weighted by Gasteiger charge is -2.35. The lowest BCUT2D eigenvalue weighted by molar-refractivity contribution is -0.144. The summed E-state index contributed by atoms with van der Waals surface area (Å²) >= 11 is 1.59. The van der Waals surface area contributed by atoms with Crippen molar-refractivity contribution in [3.63, 3.8) is 0 Å². The summed E-state index contributed by atoms with van der Waals surface area (Å²) in [7, 11) is 0. The molecule has 3 amide bonds. The summed E-state index contributed by atoms with van der Waals surface area (Å²) in [6.45, 7) is 8.44. The quantitative estimate of drug-likeness (QED) is 0.327. The number of rotatable bonds is 10. The predicted octanol–water partition coefficient (Wildman–Crippen LogP) is 2.78. The molecule has 38 heavy (non-hydrogen) atoms. The van der Waals surface area contributed by atoms with Gasteiger partial charge in [-0.15, -0.1) is 23.7 Å². The smallest absolute Gasteiger partial charge is 0.246 e. The molecule has 11 heteroatoms. The highest BCUT2D eigenvalue weighted by molar-refractivity contribution is 7.13. The number of thiazole rings is 1. The molecular weight excluding hydrogens is 526 g/mol. The van der Waals surface area contributed by atoms with Crippen LogP contribution in [0, 0.1) is 12.3 Å². The first-order valence-corrected chi connectivity index (χ1v) is 13.6. The number of amides is 3. The number of aryl methyl sites for hydroxylation is 1. The van der Waals surface area contributed by atoms with Crippen LogP contribution in [0.1, 0.15) is 57.7 Å². The third-order valence-corrected chi connectivity index (χ3v) is 7.55. The van der Waals surface area contributed by atoms with Gasteiger partial charge in [0.1, 0.15) is 12.1 Å². The number of unbranched alkanes of at least 4 members (excludes halogenated alkanes) is 1. The summed E-state index contributed by atoms with van der Waals surface area (Å²) in [5.41, 5.74) is 9.73. The molecule has 1 saturated heterocycles. The van der Waals surface area contributed by atoms with Crippen molar-refractivity contribution >= 4 is 41.5 Å². The maximum atomic E-state index is 13.6. The second kappa shape index (κ2) is 14.0. The standard InChI is InChI=1S/C27H39N5O4S.ClH/c1-17-23(37-16-30-17)19-10-8-18(9-11-19)14-29-25(35)21-13-20(33)15-32(21)26(36)24(27(2,3)4)31-22(34)7-5-6-12-28;/h8-11,16,20-21,24,33H,5-7,12-15,28H2,1-4H3,(H,29,35)(H,31,34);1H. The van der Waals surface area contributed by atoms with E-state index < -0.39 is 23.6 Å². The van der Waals surface area contributed by atoms with Crippen LogP contribution >= 0.6 is 23.7 Å². The second-order valence-corrected chi connectivity index (χ2v) is 11.5. The number of β-amino-alcohol motifs (C(OH)–C–C–N with tert-alkyl or cyclic N) is 1. The minimum absolute atomic E-state index is 0. The molecule has 1 aromatic heterocycles. The fraction of sp³-hybridized carbons (Fsp3) is 0.556. The van der Waals surface area contributed by atoms with Crippen molar-refractivity contribution < 1.29 is 19.5 Å². The topological polar surface area (TPSA) is 138 Å². The number of carbonyl (C=O) groups is 3. The molecule has 0 aliphatic carbocycles. The third-order valence-electron chi connectivity index (χ3n) is 6.57. The van der Waals surface area contributed by atoms with Crippen LogP contribution in [0.25, 0.3) is 10.4 Å². The predicted molar refractivity (Wildman–Crippen MR) is 152 cm³/mol. The van der Waals surface area contributed by atoms with Gasteiger partial charge in [-0.3, -0.25) is 14.4 Å². The summed E-state index contributed by atoms with van der Waals surface area (Å²) < 4.78 is 0. The highest BCUT2D eigenvalue weighted by Gasteiger charge is 2.44. The van der Waals surface area contributed by atoms with Crippen LogP contribution in [0.15, 0.2) is 29.8 Å². The van der Waals surface area contributed by atoms with Crippen LogP contribution in [0.4, 0.5) is 0 Å². The number of aliphatic hydroxyl groups excluding tert-OH is 1. The number of nitrogens with zero attached hydrogens (tertiary/aromatic N) is 2. The summed E-state index contributed by atoms with van der Waals surface area (Å²) in [6.07, 6.45) is 1.01. The molecule has 2 heterocycles. The fourth-order valence-electron chi connectivity index (χ4n) is 4.44. The van der Waals surface area contributed by atoms with Gasteiger partial charge in [-0.05, 0) is 42.9 Å². The van der Waals surface area contributed by atoms with E-state index in [9.17, 15) is 19.5 Å². The maximum absolute atomic E-state index is 13.6. The molecule has 1 aromatic carbocycles. The third kappa shape index (κ3) is 8.23. The molecule has 1 fully saturated rings. The summed E-state index contributed by atoms with van der Waals surface area (Å²) in [5, 5.41) is 16.1. The number of benzene rings is 1. The van der Waals surface area contributed by atoms with Gasteiger partial charge in [0.2, 0.25) is 17.7 Å². The van der Waals surface area contributed by atoms with E-state index in [-0.39, 0.29) is 49.5 Å². The Balaban J connectivity index is 0.00000507. The van der Waals surface area contributed by atoms with Gasteiger partial charge < -0.3 is 26.4 Å². The van der Waals surface area contributed by atoms with Crippen LogP contribution in [0.2, 0.25) is 0 Å². The number of nitrogens with two attached hydrogens (primary N) is 1. The summed E-state index contributed by atoms with van der Waals surface area (Å²) in [5.74, 6) is -0.908. The van der Waals surface area contributed by atoms with Gasteiger partial charge in [-0.2, -0.15) is 0 Å². The van der Waals surface area contributed by atoms with Gasteiger partial charge >= 0.3 is 0 Å². The van der Waals surface area contributed by atoms with E-state index in [4.69, 9.17) is 5.73 Å². The van der Waals surface area contributed by atoms with E-state index in [0.717, 1.165) is 28.1 Å². The van der Waals surface area contributed by atoms with E-state index >= 15 is 0 Å². The van der Waals surface area contributed by atoms with Crippen LogP contribution in [-0.4, -0.2) is 64.0 Å². The first-order valence-electron chi connectivity index (χ1n) is 12.8. The summed E-state index contributed by atoms with van der Waals surface area (Å²) in [6, 6.07) is 6.29. The van der Waals surface area contributed by atoms with Gasteiger partial charge in [0.05, 0.1) is 22.2 Å². The lowest BCUT2D eigenvalue weighted by atomic mass is 9.85. The first-order chi connectivity index (χ1) is 17.5. The van der Waals surface area contributed by atoms with Crippen molar-refractivity contribution in [3.05, 3.63) is 41.0 Å². The Hall–Kier alpha value is -2.53. The van der Waals surface area contributed by atoms with Gasteiger partial charge in [0.15, 0.2) is 0 Å². The molecule has 0 radical (unpaired) electrons. The fourth-order valence-corrected chi connectivity index (χ4v) is 5.26. The van der Waals surface area contributed by atoms with Gasteiger partial charge in [-0.1, -0.05) is 45.0 Å². The Bertz CT molecular complexity index is 1090. The number of halogens is 1. The van der Waals surface area contributed by atoms with Crippen LogP contribution in [0.5, 0.6) is 0 Å². The molecule has 0 spiro atoms. The van der Waals surface area contributed by atoms with Crippen molar-refractivity contribution in [2.24, 2.45) is 11.1 Å². The monoisotopic (exact) mass is 565 g/mol. The molecule has 0 bridgehead atoms. The molecule has 3 atom stereocenters. The minimum atomic E-state index is -0.818. The zero-order chi connectivity index (χ0) is 27.2. The average Bonchev–Trinajstić information content (AvgIpc) is 3.46. The van der Waals surface area contributed by atoms with Gasteiger partial charge in [0, 0.05) is 25.9 Å². The largest absolute Gasteiger partial charge is 0.391 e. The normalized spacial score (nSPS) is 18.0. The van der Waals surface area contributed by atoms with Crippen molar-refractivity contribution in [2.75, 3.05) is 13.1 Å². The van der Waals surface area contributed by atoms with Crippen molar-refractivity contribution in [1.82, 2.24) is 20.5 Å². The van der Waals surface area contributed by atoms with E-state index in [1.807, 2.05) is 57.5 Å². The number of aromatic nitrogens is 1. The molecule has 2 aromatic rings. The van der Waals surface area contributed by atoms with E-state index in [2.05, 4.69) is 15.6 Å². The summed E-state index contributed by atoms with van der Waals surface area (Å²) in [4.78, 5) is 46.0. The van der Waals surface area contributed by atoms with Crippen molar-refractivity contribution in [1.29, 1.82) is 0 Å². The molecule has 1 aliphatic heterocycles. The number of carbonyl (C=O) groups excluding carboxylic acids is 3. The minimum Gasteiger partial charge on any atom is -0.391 e. The van der Waals surface area contributed by atoms with Gasteiger partial charge in [-0.25, -0.2) is 4.98 Å². The number of nitrogens with one attached hydrogen (secondary N) is 2. The molecule has 1 aliphatic rings. The zero-order valence-electron chi connectivity index (χ0n) is 22.5. The number of hydrogen-bond donors (Lipinski definition) is 4. The molecule has 3 unspecified atom stereocenters. The molecule has 5 N–H and O–H groups in total. The molecule has 3 rings (SSSR count). The second-order valence-electron chi connectivity index (χ2n) is 10.7.